The van der Waals surface area contributed by atoms with Gasteiger partial charge in [0.2, 0.25) is 0 Å². The number of fused-ring (bicyclic) bond motifs is 1. The molecule has 0 bridgehead atoms. The summed E-state index contributed by atoms with van der Waals surface area (Å²) in [6, 6.07) is 22.0. The highest BCUT2D eigenvalue weighted by molar-refractivity contribution is 5.80. The lowest BCUT2D eigenvalue weighted by Gasteiger charge is -2.12. The highest BCUT2D eigenvalue weighted by Gasteiger charge is 2.11. The molecular weight excluding hydrogens is 362 g/mol. The molecule has 0 spiro atoms. The second-order valence-electron chi connectivity index (χ2n) is 6.96. The van der Waals surface area contributed by atoms with E-state index in [1.807, 2.05) is 73.6 Å². The fourth-order valence-corrected chi connectivity index (χ4v) is 3.17. The largest absolute Gasteiger partial charge is 0.508 e. The molecule has 1 heterocycles. The zero-order valence-electron chi connectivity index (χ0n) is 16.3. The van der Waals surface area contributed by atoms with Crippen molar-refractivity contribution in [3.05, 3.63) is 94.5 Å². The van der Waals surface area contributed by atoms with E-state index < -0.39 is 0 Å². The van der Waals surface area contributed by atoms with Crippen molar-refractivity contribution in [1.29, 1.82) is 0 Å². The van der Waals surface area contributed by atoms with Crippen molar-refractivity contribution < 1.29 is 5.11 Å². The van der Waals surface area contributed by atoms with E-state index in [2.05, 4.69) is 0 Å². The summed E-state index contributed by atoms with van der Waals surface area (Å²) in [5, 5.41) is 10.2. The molecule has 0 amide bonds. The molecule has 0 saturated heterocycles. The zero-order chi connectivity index (χ0) is 20.4. The number of aromatic hydroxyl groups is 1. The average molecular weight is 383 g/mol. The third kappa shape index (κ3) is 3.75. The molecule has 0 aliphatic heterocycles. The van der Waals surface area contributed by atoms with Crippen LogP contribution in [0.15, 0.2) is 77.6 Å². The Labute approximate surface area is 168 Å². The lowest BCUT2D eigenvalue weighted by atomic mass is 10.1. The van der Waals surface area contributed by atoms with Crippen molar-refractivity contribution in [2.45, 2.75) is 0 Å². The van der Waals surface area contributed by atoms with Crippen LogP contribution in [0.4, 0.5) is 5.69 Å². The van der Waals surface area contributed by atoms with E-state index in [-0.39, 0.29) is 11.3 Å². The molecule has 4 aromatic rings. The highest BCUT2D eigenvalue weighted by atomic mass is 16.3. The van der Waals surface area contributed by atoms with Crippen molar-refractivity contribution in [3.63, 3.8) is 0 Å². The molecule has 0 aliphatic rings. The van der Waals surface area contributed by atoms with Crippen molar-refractivity contribution in [2.24, 2.45) is 0 Å². The Bertz CT molecular complexity index is 1240. The molecule has 5 nitrogen and oxygen atoms in total. The number of benzene rings is 3. The molecule has 4 rings (SSSR count). The summed E-state index contributed by atoms with van der Waals surface area (Å²) in [7, 11) is 4.00. The molecule has 0 atom stereocenters. The van der Waals surface area contributed by atoms with Gasteiger partial charge in [-0.25, -0.2) is 4.98 Å². The summed E-state index contributed by atoms with van der Waals surface area (Å²) >= 11 is 0. The molecule has 0 unspecified atom stereocenters. The monoisotopic (exact) mass is 383 g/mol. The first kappa shape index (κ1) is 18.5. The van der Waals surface area contributed by atoms with E-state index in [0.717, 1.165) is 11.3 Å². The standard InChI is InChI=1S/C24H21N3O2/c1-26(2)18-10-7-17(8-11-18)9-16-23-25-22-6-4-3-5-21(22)24(29)27(23)19-12-14-20(28)15-13-19/h3-16,28H,1-2H3. The molecule has 1 N–H and O–H groups in total. The third-order valence-corrected chi connectivity index (χ3v) is 4.74. The van der Waals surface area contributed by atoms with Gasteiger partial charge in [0.1, 0.15) is 11.6 Å². The van der Waals surface area contributed by atoms with Gasteiger partial charge < -0.3 is 10.0 Å². The summed E-state index contributed by atoms with van der Waals surface area (Å²) in [4.78, 5) is 19.9. The number of aromatic nitrogens is 2. The third-order valence-electron chi connectivity index (χ3n) is 4.74. The summed E-state index contributed by atoms with van der Waals surface area (Å²) in [5.74, 6) is 0.671. The molecule has 5 heteroatoms. The van der Waals surface area contributed by atoms with Crippen LogP contribution in [0, 0.1) is 0 Å². The van der Waals surface area contributed by atoms with Crippen LogP contribution < -0.4 is 10.5 Å². The Morgan fingerprint density at radius 2 is 1.59 bits per heavy atom. The number of rotatable bonds is 4. The van der Waals surface area contributed by atoms with E-state index in [9.17, 15) is 9.90 Å². The van der Waals surface area contributed by atoms with Gasteiger partial charge in [0.15, 0.2) is 0 Å². The Kier molecular flexibility index (Phi) is 4.87. The lowest BCUT2D eigenvalue weighted by Crippen LogP contribution is -2.22. The number of hydrogen-bond acceptors (Lipinski definition) is 4. The van der Waals surface area contributed by atoms with Crippen LogP contribution in [0.2, 0.25) is 0 Å². The van der Waals surface area contributed by atoms with Gasteiger partial charge in [-0.05, 0) is 60.2 Å². The van der Waals surface area contributed by atoms with Crippen LogP contribution in [-0.4, -0.2) is 28.8 Å². The first-order valence-corrected chi connectivity index (χ1v) is 9.29. The van der Waals surface area contributed by atoms with Crippen LogP contribution in [-0.2, 0) is 0 Å². The zero-order valence-corrected chi connectivity index (χ0v) is 16.3. The maximum Gasteiger partial charge on any atom is 0.266 e. The van der Waals surface area contributed by atoms with Gasteiger partial charge in [0, 0.05) is 19.8 Å². The topological polar surface area (TPSA) is 58.4 Å². The second kappa shape index (κ2) is 7.64. The maximum atomic E-state index is 13.2. The second-order valence-corrected chi connectivity index (χ2v) is 6.96. The number of phenolic OH excluding ortho intramolecular Hbond substituents is 1. The predicted molar refractivity (Wildman–Crippen MR) is 119 cm³/mol. The minimum Gasteiger partial charge on any atom is -0.508 e. The van der Waals surface area contributed by atoms with E-state index in [1.165, 1.54) is 0 Å². The molecule has 0 aliphatic carbocycles. The fourth-order valence-electron chi connectivity index (χ4n) is 3.17. The van der Waals surface area contributed by atoms with Gasteiger partial charge in [-0.3, -0.25) is 9.36 Å². The predicted octanol–water partition coefficient (Wildman–Crippen LogP) is 4.33. The van der Waals surface area contributed by atoms with Gasteiger partial charge in [0.25, 0.3) is 5.56 Å². The molecular formula is C24H21N3O2. The molecule has 0 saturated carbocycles. The van der Waals surface area contributed by atoms with Crippen LogP contribution in [0.1, 0.15) is 11.4 Å². The van der Waals surface area contributed by atoms with Crippen molar-refractivity contribution in [3.8, 4) is 11.4 Å². The summed E-state index contributed by atoms with van der Waals surface area (Å²) in [6.45, 7) is 0. The number of nitrogens with zero attached hydrogens (tertiary/aromatic N) is 3. The fraction of sp³-hybridized carbons (Fsp3) is 0.0833. The highest BCUT2D eigenvalue weighted by Crippen LogP contribution is 2.18. The van der Waals surface area contributed by atoms with Gasteiger partial charge in [-0.2, -0.15) is 0 Å². The number of phenols is 1. The van der Waals surface area contributed by atoms with Gasteiger partial charge >= 0.3 is 0 Å². The van der Waals surface area contributed by atoms with Gasteiger partial charge in [-0.15, -0.1) is 0 Å². The minimum atomic E-state index is -0.149. The summed E-state index contributed by atoms with van der Waals surface area (Å²) < 4.78 is 1.56. The normalized spacial score (nSPS) is 11.2. The van der Waals surface area contributed by atoms with E-state index in [1.54, 1.807) is 34.9 Å². The van der Waals surface area contributed by atoms with Crippen molar-refractivity contribution in [2.75, 3.05) is 19.0 Å². The number of para-hydroxylation sites is 1. The number of anilines is 1. The van der Waals surface area contributed by atoms with Crippen LogP contribution in [0.5, 0.6) is 5.75 Å². The van der Waals surface area contributed by atoms with E-state index in [4.69, 9.17) is 4.98 Å². The SMILES string of the molecule is CN(C)c1ccc(C=Cc2nc3ccccc3c(=O)n2-c2ccc(O)cc2)cc1. The minimum absolute atomic E-state index is 0.147. The van der Waals surface area contributed by atoms with Crippen molar-refractivity contribution >= 4 is 28.7 Å². The van der Waals surface area contributed by atoms with Crippen LogP contribution in [0.3, 0.4) is 0 Å². The summed E-state index contributed by atoms with van der Waals surface area (Å²) in [5.41, 5.74) is 3.27. The lowest BCUT2D eigenvalue weighted by molar-refractivity contribution is 0.475. The first-order chi connectivity index (χ1) is 14.0. The van der Waals surface area contributed by atoms with Crippen LogP contribution >= 0.6 is 0 Å². The van der Waals surface area contributed by atoms with Gasteiger partial charge in [-0.1, -0.05) is 30.3 Å². The van der Waals surface area contributed by atoms with E-state index in [0.29, 0.717) is 22.4 Å². The smallest absolute Gasteiger partial charge is 0.266 e. The maximum absolute atomic E-state index is 13.2. The Morgan fingerprint density at radius 3 is 2.28 bits per heavy atom. The molecule has 144 valence electrons. The average Bonchev–Trinajstić information content (AvgIpc) is 2.73. The molecule has 29 heavy (non-hydrogen) atoms. The molecule has 0 radical (unpaired) electrons. The summed E-state index contributed by atoms with van der Waals surface area (Å²) in [6.07, 6.45) is 3.78. The van der Waals surface area contributed by atoms with E-state index >= 15 is 0 Å². The molecule has 3 aromatic carbocycles. The van der Waals surface area contributed by atoms with Crippen molar-refractivity contribution in [1.82, 2.24) is 9.55 Å². The van der Waals surface area contributed by atoms with Gasteiger partial charge in [0.05, 0.1) is 16.6 Å². The number of hydrogen-bond donors (Lipinski definition) is 1. The molecule has 1 aromatic heterocycles. The molecule has 0 fully saturated rings. The quantitative estimate of drug-likeness (QED) is 0.570. The Hall–Kier alpha value is -3.86. The Balaban J connectivity index is 1.85. The van der Waals surface area contributed by atoms with Crippen LogP contribution in [0.25, 0.3) is 28.7 Å². The first-order valence-electron chi connectivity index (χ1n) is 9.29. The Morgan fingerprint density at radius 1 is 0.897 bits per heavy atom.